The van der Waals surface area contributed by atoms with E-state index in [-0.39, 0.29) is 12.1 Å². The number of rotatable bonds is 1. The molecule has 0 spiro atoms. The number of carbonyl (C=O) groups is 1. The van der Waals surface area contributed by atoms with E-state index in [4.69, 9.17) is 4.74 Å². The van der Waals surface area contributed by atoms with Crippen LogP contribution >= 0.6 is 0 Å². The molecule has 1 fully saturated rings. The second-order valence-electron chi connectivity index (χ2n) is 3.24. The zero-order valence-corrected chi connectivity index (χ0v) is 7.64. The van der Waals surface area contributed by atoms with Gasteiger partial charge < -0.3 is 10.1 Å². The number of hydrogen-bond acceptors (Lipinski definition) is 2. The van der Waals surface area contributed by atoms with Gasteiger partial charge in [0.25, 0.3) is 0 Å². The summed E-state index contributed by atoms with van der Waals surface area (Å²) in [5.74, 6) is 0.128. The third kappa shape index (κ3) is 3.22. The van der Waals surface area contributed by atoms with Gasteiger partial charge in [-0.2, -0.15) is 0 Å². The van der Waals surface area contributed by atoms with Crippen LogP contribution in [-0.2, 0) is 9.53 Å². The van der Waals surface area contributed by atoms with Crippen molar-refractivity contribution in [2.24, 2.45) is 0 Å². The Kier molecular flexibility index (Phi) is 4.08. The van der Waals surface area contributed by atoms with E-state index in [1.165, 1.54) is 12.8 Å². The van der Waals surface area contributed by atoms with Gasteiger partial charge in [-0.05, 0) is 19.3 Å². The van der Waals surface area contributed by atoms with Crippen LogP contribution in [0.5, 0.6) is 0 Å². The summed E-state index contributed by atoms with van der Waals surface area (Å²) in [5.41, 5.74) is 0. The lowest BCUT2D eigenvalue weighted by molar-refractivity contribution is -0.124. The van der Waals surface area contributed by atoms with Gasteiger partial charge in [0.2, 0.25) is 5.91 Å². The van der Waals surface area contributed by atoms with E-state index < -0.39 is 0 Å². The predicted octanol–water partition coefficient (Wildman–Crippen LogP) is 1.43. The van der Waals surface area contributed by atoms with Crippen LogP contribution in [0.25, 0.3) is 0 Å². The molecule has 1 aliphatic heterocycles. The van der Waals surface area contributed by atoms with Gasteiger partial charge in [-0.1, -0.05) is 12.8 Å². The molecule has 0 saturated carbocycles. The molecule has 3 nitrogen and oxygen atoms in total. The Morgan fingerprint density at radius 3 is 2.83 bits per heavy atom. The second kappa shape index (κ2) is 5.14. The van der Waals surface area contributed by atoms with Gasteiger partial charge >= 0.3 is 0 Å². The fourth-order valence-electron chi connectivity index (χ4n) is 1.47. The number of methoxy groups -OCH3 is 1. The number of hydrogen-bond donors (Lipinski definition) is 1. The highest BCUT2D eigenvalue weighted by atomic mass is 16.5. The first-order valence-electron chi connectivity index (χ1n) is 4.65. The first-order chi connectivity index (χ1) is 5.83. The Morgan fingerprint density at radius 2 is 2.08 bits per heavy atom. The van der Waals surface area contributed by atoms with Crippen LogP contribution in [0.2, 0.25) is 0 Å². The summed E-state index contributed by atoms with van der Waals surface area (Å²) in [7, 11) is 1.64. The molecule has 0 aromatic carbocycles. The molecule has 0 bridgehead atoms. The summed E-state index contributed by atoms with van der Waals surface area (Å²) in [6, 6.07) is 0. The molecule has 1 saturated heterocycles. The maximum atomic E-state index is 11.2. The molecule has 1 amide bonds. The summed E-state index contributed by atoms with van der Waals surface area (Å²) in [4.78, 5) is 11.2. The third-order valence-electron chi connectivity index (χ3n) is 2.23. The highest BCUT2D eigenvalue weighted by Crippen LogP contribution is 2.10. The predicted molar refractivity (Wildman–Crippen MR) is 46.6 cm³/mol. The van der Waals surface area contributed by atoms with Crippen LogP contribution in [0.4, 0.5) is 0 Å². The minimum Gasteiger partial charge on any atom is -0.362 e. The lowest BCUT2D eigenvalue weighted by Gasteiger charge is -2.15. The Hall–Kier alpha value is -0.570. The largest absolute Gasteiger partial charge is 0.362 e. The van der Waals surface area contributed by atoms with Gasteiger partial charge in [-0.15, -0.1) is 0 Å². The average Bonchev–Trinajstić information content (AvgIpc) is 2.16. The summed E-state index contributed by atoms with van der Waals surface area (Å²) in [6.45, 7) is 0. The first-order valence-corrected chi connectivity index (χ1v) is 4.65. The van der Waals surface area contributed by atoms with Crippen molar-refractivity contribution in [1.29, 1.82) is 0 Å². The van der Waals surface area contributed by atoms with E-state index in [9.17, 15) is 4.79 Å². The molecule has 0 aromatic heterocycles. The van der Waals surface area contributed by atoms with Gasteiger partial charge in [0, 0.05) is 13.5 Å². The molecule has 0 radical (unpaired) electrons. The fraction of sp³-hybridized carbons (Fsp3) is 0.889. The Labute approximate surface area is 73.5 Å². The van der Waals surface area contributed by atoms with Crippen molar-refractivity contribution in [2.75, 3.05) is 7.11 Å². The molecule has 12 heavy (non-hydrogen) atoms. The lowest BCUT2D eigenvalue weighted by Crippen LogP contribution is -2.35. The highest BCUT2D eigenvalue weighted by molar-refractivity contribution is 5.76. The SMILES string of the molecule is COC1CCCCCCC(=O)N1. The molecule has 0 aromatic rings. The van der Waals surface area contributed by atoms with Crippen molar-refractivity contribution in [3.05, 3.63) is 0 Å². The van der Waals surface area contributed by atoms with Gasteiger partial charge in [-0.3, -0.25) is 4.79 Å². The molecule has 0 aliphatic carbocycles. The van der Waals surface area contributed by atoms with Crippen LogP contribution in [0, 0.1) is 0 Å². The van der Waals surface area contributed by atoms with Crippen LogP contribution in [0.15, 0.2) is 0 Å². The maximum absolute atomic E-state index is 11.2. The van der Waals surface area contributed by atoms with Crippen LogP contribution < -0.4 is 5.32 Å². The molecule has 70 valence electrons. The molecule has 1 heterocycles. The Morgan fingerprint density at radius 1 is 1.33 bits per heavy atom. The topological polar surface area (TPSA) is 38.3 Å². The number of amides is 1. The normalized spacial score (nSPS) is 26.8. The molecule has 1 rings (SSSR count). The summed E-state index contributed by atoms with van der Waals surface area (Å²) in [5, 5.41) is 2.85. The summed E-state index contributed by atoms with van der Waals surface area (Å²) in [6.07, 6.45) is 6.09. The van der Waals surface area contributed by atoms with Crippen LogP contribution in [0.3, 0.4) is 0 Å². The first kappa shape index (κ1) is 9.52. The zero-order valence-electron chi connectivity index (χ0n) is 7.64. The number of carbonyl (C=O) groups excluding carboxylic acids is 1. The number of nitrogens with one attached hydrogen (secondary N) is 1. The second-order valence-corrected chi connectivity index (χ2v) is 3.24. The zero-order chi connectivity index (χ0) is 8.81. The van der Waals surface area contributed by atoms with E-state index in [0.717, 1.165) is 19.3 Å². The van der Waals surface area contributed by atoms with Gasteiger partial charge in [0.15, 0.2) is 0 Å². The monoisotopic (exact) mass is 171 g/mol. The van der Waals surface area contributed by atoms with E-state index >= 15 is 0 Å². The van der Waals surface area contributed by atoms with Crippen molar-refractivity contribution < 1.29 is 9.53 Å². The minimum absolute atomic E-state index is 0.0596. The Balaban J connectivity index is 2.37. The molecular weight excluding hydrogens is 154 g/mol. The molecular formula is C9H17NO2. The van der Waals surface area contributed by atoms with Crippen LogP contribution in [0.1, 0.15) is 38.5 Å². The summed E-state index contributed by atoms with van der Waals surface area (Å²) < 4.78 is 5.12. The quantitative estimate of drug-likeness (QED) is 0.648. The van der Waals surface area contributed by atoms with Crippen molar-refractivity contribution in [3.63, 3.8) is 0 Å². The van der Waals surface area contributed by atoms with Crippen molar-refractivity contribution >= 4 is 5.91 Å². The fourth-order valence-corrected chi connectivity index (χ4v) is 1.47. The molecule has 1 aliphatic rings. The highest BCUT2D eigenvalue weighted by Gasteiger charge is 2.12. The lowest BCUT2D eigenvalue weighted by atomic mass is 10.1. The smallest absolute Gasteiger partial charge is 0.221 e. The van der Waals surface area contributed by atoms with Crippen molar-refractivity contribution in [3.8, 4) is 0 Å². The van der Waals surface area contributed by atoms with Crippen molar-refractivity contribution in [1.82, 2.24) is 5.32 Å². The van der Waals surface area contributed by atoms with Gasteiger partial charge in [-0.25, -0.2) is 0 Å². The van der Waals surface area contributed by atoms with E-state index in [2.05, 4.69) is 5.32 Å². The average molecular weight is 171 g/mol. The maximum Gasteiger partial charge on any atom is 0.221 e. The summed E-state index contributed by atoms with van der Waals surface area (Å²) >= 11 is 0. The standard InChI is InChI=1S/C9H17NO2/c1-12-9-7-5-3-2-4-6-8(11)10-9/h9H,2-7H2,1H3,(H,10,11). The molecule has 1 atom stereocenters. The van der Waals surface area contributed by atoms with E-state index in [1.807, 2.05) is 0 Å². The van der Waals surface area contributed by atoms with Gasteiger partial charge in [0.05, 0.1) is 0 Å². The molecule has 3 heteroatoms. The van der Waals surface area contributed by atoms with Crippen LogP contribution in [-0.4, -0.2) is 19.2 Å². The minimum atomic E-state index is -0.0596. The third-order valence-corrected chi connectivity index (χ3v) is 2.23. The molecule has 1 N–H and O–H groups in total. The van der Waals surface area contributed by atoms with E-state index in [0.29, 0.717) is 6.42 Å². The number of ether oxygens (including phenoxy) is 1. The van der Waals surface area contributed by atoms with Crippen molar-refractivity contribution in [2.45, 2.75) is 44.8 Å². The molecule has 1 unspecified atom stereocenters. The van der Waals surface area contributed by atoms with Gasteiger partial charge in [0.1, 0.15) is 6.23 Å². The Bertz CT molecular complexity index is 147. The van der Waals surface area contributed by atoms with E-state index in [1.54, 1.807) is 7.11 Å².